The average molecular weight is 139 g/mol. The molecule has 0 bridgehead atoms. The summed E-state index contributed by atoms with van der Waals surface area (Å²) in [7, 11) is 0. The molecule has 0 aromatic carbocycles. The minimum Gasteiger partial charge on any atom is -0.264 e. The van der Waals surface area contributed by atoms with Gasteiger partial charge in [0.25, 0.3) is 0 Å². The summed E-state index contributed by atoms with van der Waals surface area (Å²) in [4.78, 5) is 3.99. The maximum Gasteiger partial charge on any atom is 0.0308 e. The van der Waals surface area contributed by atoms with Crippen molar-refractivity contribution in [2.24, 2.45) is 0 Å². The summed E-state index contributed by atoms with van der Waals surface area (Å²) in [6.45, 7) is 0. The molecule has 0 unspecified atom stereocenters. The first-order valence-electron chi connectivity index (χ1n) is 2.81. The normalized spacial score (nSPS) is 9.44. The van der Waals surface area contributed by atoms with Gasteiger partial charge in [0.05, 0.1) is 0 Å². The van der Waals surface area contributed by atoms with E-state index in [0.717, 1.165) is 5.75 Å². The van der Waals surface area contributed by atoms with Crippen LogP contribution in [-0.2, 0) is 5.75 Å². The molecule has 1 heterocycles. The summed E-state index contributed by atoms with van der Waals surface area (Å²) < 4.78 is 0. The van der Waals surface area contributed by atoms with Crippen LogP contribution < -0.4 is 0 Å². The summed E-state index contributed by atoms with van der Waals surface area (Å²) in [5, 5.41) is 0. The van der Waals surface area contributed by atoms with Gasteiger partial charge in [-0.15, -0.1) is 0 Å². The minimum absolute atomic E-state index is 1.06. The van der Waals surface area contributed by atoms with Crippen molar-refractivity contribution in [2.75, 3.05) is 6.26 Å². The van der Waals surface area contributed by atoms with E-state index >= 15 is 0 Å². The molecule has 0 spiro atoms. The molecule has 9 heavy (non-hydrogen) atoms. The molecule has 0 N–H and O–H groups in total. The van der Waals surface area contributed by atoms with Gasteiger partial charge in [0.15, 0.2) is 0 Å². The van der Waals surface area contributed by atoms with Crippen LogP contribution in [0.3, 0.4) is 0 Å². The highest BCUT2D eigenvalue weighted by Gasteiger charge is 1.85. The Morgan fingerprint density at radius 3 is 3.11 bits per heavy atom. The Kier molecular flexibility index (Phi) is 2.58. The fraction of sp³-hybridized carbons (Fsp3) is 0.286. The molecule has 0 saturated carbocycles. The molecule has 0 fully saturated rings. The highest BCUT2D eigenvalue weighted by molar-refractivity contribution is 7.97. The summed E-state index contributed by atoms with van der Waals surface area (Å²) >= 11 is 1.81. The van der Waals surface area contributed by atoms with Gasteiger partial charge in [-0.25, -0.2) is 0 Å². The first-order valence-corrected chi connectivity index (χ1v) is 4.20. The van der Waals surface area contributed by atoms with Crippen molar-refractivity contribution in [3.8, 4) is 0 Å². The van der Waals surface area contributed by atoms with Crippen molar-refractivity contribution < 1.29 is 0 Å². The van der Waals surface area contributed by atoms with Gasteiger partial charge in [-0.2, -0.15) is 11.8 Å². The van der Waals surface area contributed by atoms with E-state index in [2.05, 4.69) is 17.3 Å². The number of hydrogen-bond acceptors (Lipinski definition) is 2. The molecule has 1 nitrogen and oxygen atoms in total. The lowest BCUT2D eigenvalue weighted by atomic mass is 10.3. The lowest BCUT2D eigenvalue weighted by Crippen LogP contribution is -1.78. The second kappa shape index (κ2) is 3.51. The molecule has 0 amide bonds. The molecule has 0 radical (unpaired) electrons. The number of aromatic nitrogens is 1. The number of thioether (sulfide) groups is 1. The van der Waals surface area contributed by atoms with Crippen LogP contribution >= 0.6 is 11.8 Å². The van der Waals surface area contributed by atoms with Crippen LogP contribution in [0, 0.1) is 0 Å². The smallest absolute Gasteiger partial charge is 0.0308 e. The molecular weight excluding hydrogens is 130 g/mol. The maximum absolute atomic E-state index is 3.99. The predicted octanol–water partition coefficient (Wildman–Crippen LogP) is 1.94. The maximum atomic E-state index is 3.99. The largest absolute Gasteiger partial charge is 0.264 e. The third-order valence-electron chi connectivity index (χ3n) is 1.03. The Balaban J connectivity index is 2.61. The van der Waals surface area contributed by atoms with Gasteiger partial charge in [0.2, 0.25) is 0 Å². The molecule has 0 aliphatic carbocycles. The number of pyridine rings is 1. The summed E-state index contributed by atoms with van der Waals surface area (Å²) in [6.07, 6.45) is 5.79. The molecule has 0 atom stereocenters. The van der Waals surface area contributed by atoms with Crippen LogP contribution in [-0.4, -0.2) is 11.2 Å². The predicted molar refractivity (Wildman–Crippen MR) is 41.5 cm³/mol. The van der Waals surface area contributed by atoms with Crippen molar-refractivity contribution in [2.45, 2.75) is 5.75 Å². The van der Waals surface area contributed by atoms with Crippen molar-refractivity contribution in [1.82, 2.24) is 4.98 Å². The van der Waals surface area contributed by atoms with Crippen molar-refractivity contribution in [3.05, 3.63) is 30.1 Å². The highest BCUT2D eigenvalue weighted by Crippen LogP contribution is 2.05. The third-order valence-corrected chi connectivity index (χ3v) is 1.66. The Hall–Kier alpha value is -0.500. The molecule has 48 valence electrons. The summed E-state index contributed by atoms with van der Waals surface area (Å²) in [5.74, 6) is 1.06. The number of hydrogen-bond donors (Lipinski definition) is 0. The Morgan fingerprint density at radius 1 is 1.67 bits per heavy atom. The molecule has 0 saturated heterocycles. The van der Waals surface area contributed by atoms with Crippen LogP contribution in [0.2, 0.25) is 0 Å². The van der Waals surface area contributed by atoms with E-state index in [1.807, 2.05) is 24.0 Å². The van der Waals surface area contributed by atoms with Crippen LogP contribution in [0.5, 0.6) is 0 Å². The van der Waals surface area contributed by atoms with Gasteiger partial charge < -0.3 is 0 Å². The van der Waals surface area contributed by atoms with Crippen LogP contribution in [0.15, 0.2) is 24.5 Å². The number of nitrogens with zero attached hydrogens (tertiary/aromatic N) is 1. The lowest BCUT2D eigenvalue weighted by Gasteiger charge is -1.92. The second-order valence-corrected chi connectivity index (χ2v) is 2.66. The molecule has 2 heteroatoms. The van der Waals surface area contributed by atoms with E-state index in [1.165, 1.54) is 5.56 Å². The monoisotopic (exact) mass is 139 g/mol. The fourth-order valence-electron chi connectivity index (χ4n) is 0.650. The molecule has 0 aliphatic heterocycles. The van der Waals surface area contributed by atoms with E-state index < -0.39 is 0 Å². The zero-order chi connectivity index (χ0) is 6.53. The van der Waals surface area contributed by atoms with Gasteiger partial charge >= 0.3 is 0 Å². The molecule has 1 rings (SSSR count). The quantitative estimate of drug-likeness (QED) is 0.621. The molecular formula is C7H9NS. The third kappa shape index (κ3) is 2.06. The number of rotatable bonds is 2. The summed E-state index contributed by atoms with van der Waals surface area (Å²) in [6, 6.07) is 4.05. The Morgan fingerprint density at radius 2 is 2.56 bits per heavy atom. The first-order chi connectivity index (χ1) is 4.43. The van der Waals surface area contributed by atoms with E-state index in [4.69, 9.17) is 0 Å². The topological polar surface area (TPSA) is 12.9 Å². The molecule has 1 aromatic heterocycles. The standard InChI is InChI=1S/C7H9NS/c1-9-6-7-3-2-4-8-5-7/h2-5H,6H2,1H3. The molecule has 0 aliphatic rings. The van der Waals surface area contributed by atoms with Crippen LogP contribution in [0.1, 0.15) is 5.56 Å². The first kappa shape index (κ1) is 6.62. The van der Waals surface area contributed by atoms with Gasteiger partial charge in [-0.3, -0.25) is 4.98 Å². The van der Waals surface area contributed by atoms with Crippen molar-refractivity contribution >= 4 is 11.8 Å². The van der Waals surface area contributed by atoms with Gasteiger partial charge in [-0.1, -0.05) is 6.07 Å². The van der Waals surface area contributed by atoms with Crippen molar-refractivity contribution in [3.63, 3.8) is 0 Å². The summed E-state index contributed by atoms with van der Waals surface area (Å²) in [5.41, 5.74) is 1.30. The minimum atomic E-state index is 1.06. The van der Waals surface area contributed by atoms with E-state index in [-0.39, 0.29) is 0 Å². The molecule has 1 aromatic rings. The lowest BCUT2D eigenvalue weighted by molar-refractivity contribution is 1.25. The van der Waals surface area contributed by atoms with Crippen LogP contribution in [0.4, 0.5) is 0 Å². The highest BCUT2D eigenvalue weighted by atomic mass is 32.2. The second-order valence-electron chi connectivity index (χ2n) is 1.79. The van der Waals surface area contributed by atoms with E-state index in [9.17, 15) is 0 Å². The average Bonchev–Trinajstić information content (AvgIpc) is 1.91. The Labute approximate surface area is 59.5 Å². The van der Waals surface area contributed by atoms with Crippen LogP contribution in [0.25, 0.3) is 0 Å². The zero-order valence-corrected chi connectivity index (χ0v) is 6.19. The van der Waals surface area contributed by atoms with Crippen molar-refractivity contribution in [1.29, 1.82) is 0 Å². The van der Waals surface area contributed by atoms with E-state index in [1.54, 1.807) is 6.20 Å². The Bertz CT molecular complexity index is 162. The van der Waals surface area contributed by atoms with Gasteiger partial charge in [-0.05, 0) is 17.9 Å². The SMILES string of the molecule is CSCc1cccnc1. The van der Waals surface area contributed by atoms with E-state index in [0.29, 0.717) is 0 Å². The fourth-order valence-corrected chi connectivity index (χ4v) is 1.15. The van der Waals surface area contributed by atoms with Gasteiger partial charge in [0.1, 0.15) is 0 Å². The van der Waals surface area contributed by atoms with Gasteiger partial charge in [0, 0.05) is 18.1 Å². The zero-order valence-electron chi connectivity index (χ0n) is 5.37.